The van der Waals surface area contributed by atoms with E-state index < -0.39 is 32.2 Å². The molecule has 1 atom stereocenters. The Hall–Kier alpha value is -1.68. The lowest BCUT2D eigenvalue weighted by Gasteiger charge is -2.29. The van der Waals surface area contributed by atoms with Gasteiger partial charge in [0, 0.05) is 23.5 Å². The maximum atomic E-state index is 12.1. The Labute approximate surface area is 125 Å². The molecule has 10 nitrogen and oxygen atoms in total. The minimum absolute atomic E-state index is 0.0385. The van der Waals surface area contributed by atoms with Crippen molar-refractivity contribution in [3.05, 3.63) is 23.5 Å². The number of hydrogen-bond acceptors (Lipinski definition) is 8. The molecule has 1 amide bonds. The molecule has 0 radical (unpaired) electrons. The summed E-state index contributed by atoms with van der Waals surface area (Å²) < 4.78 is 14.7. The predicted molar refractivity (Wildman–Crippen MR) is 67.3 cm³/mol. The van der Waals surface area contributed by atoms with Crippen molar-refractivity contribution in [2.75, 3.05) is 13.2 Å². The molecule has 0 saturated carbocycles. The normalized spacial score (nSPS) is 24.8. The van der Waals surface area contributed by atoms with Crippen LogP contribution in [0.2, 0.25) is 0 Å². The van der Waals surface area contributed by atoms with E-state index in [1.165, 1.54) is 13.1 Å². The molecule has 0 bridgehead atoms. The number of ketones is 1. The van der Waals surface area contributed by atoms with Gasteiger partial charge < -0.3 is 24.6 Å². The molecule has 0 unspecified atom stereocenters. The first-order chi connectivity index (χ1) is 10.2. The van der Waals surface area contributed by atoms with Crippen molar-refractivity contribution in [3.63, 3.8) is 0 Å². The van der Waals surface area contributed by atoms with Gasteiger partial charge in [-0.25, -0.2) is 0 Å². The van der Waals surface area contributed by atoms with E-state index in [9.17, 15) is 23.9 Å². The lowest BCUT2D eigenvalue weighted by atomic mass is 9.99. The molecule has 0 aromatic heterocycles. The van der Waals surface area contributed by atoms with Crippen LogP contribution < -0.4 is 15.5 Å². The van der Waals surface area contributed by atoms with Crippen LogP contribution in [0.4, 0.5) is 0 Å². The lowest BCUT2D eigenvalue weighted by molar-refractivity contribution is -0.402. The zero-order chi connectivity index (χ0) is 16.5. The Balaban J connectivity index is 2.27. The van der Waals surface area contributed by atoms with Gasteiger partial charge in [-0.05, 0) is 6.92 Å². The molecule has 120 valence electrons. The molecule has 0 aliphatic carbocycles. The fourth-order valence-corrected chi connectivity index (χ4v) is 2.05. The number of nitrogens with zero attached hydrogens (tertiary/aromatic N) is 2. The molecule has 1 fully saturated rings. The van der Waals surface area contributed by atoms with E-state index in [1.54, 1.807) is 0 Å². The van der Waals surface area contributed by atoms with E-state index in [0.717, 1.165) is 11.3 Å². The van der Waals surface area contributed by atoms with Gasteiger partial charge in [0.1, 0.15) is 6.61 Å². The zero-order valence-electron chi connectivity index (χ0n) is 11.6. The van der Waals surface area contributed by atoms with Crippen LogP contribution in [0.1, 0.15) is 6.92 Å². The van der Waals surface area contributed by atoms with Gasteiger partial charge in [0.25, 0.3) is 0 Å². The van der Waals surface area contributed by atoms with Crippen LogP contribution in [0.5, 0.6) is 0 Å². The number of quaternary nitrogens is 1. The van der Waals surface area contributed by atoms with Crippen molar-refractivity contribution in [3.8, 4) is 0 Å². The highest BCUT2D eigenvalue weighted by Gasteiger charge is 2.34. The van der Waals surface area contributed by atoms with Crippen molar-refractivity contribution in [1.29, 1.82) is 0 Å². The minimum Gasteiger partial charge on any atom is -0.790 e. The van der Waals surface area contributed by atoms with Gasteiger partial charge >= 0.3 is 5.91 Å². The number of carbonyl (C=O) groups excluding carboxylic acids is 2. The van der Waals surface area contributed by atoms with Crippen molar-refractivity contribution < 1.29 is 39.0 Å². The summed E-state index contributed by atoms with van der Waals surface area (Å²) in [4.78, 5) is 53.8. The third kappa shape index (κ3) is 3.74. The Morgan fingerprint density at radius 2 is 2.27 bits per heavy atom. The maximum Gasteiger partial charge on any atom is 0.310 e. The van der Waals surface area contributed by atoms with Gasteiger partial charge in [0.15, 0.2) is 6.04 Å². The van der Waals surface area contributed by atoms with Crippen LogP contribution in [-0.4, -0.2) is 41.7 Å². The van der Waals surface area contributed by atoms with Crippen molar-refractivity contribution in [2.45, 2.75) is 13.0 Å². The molecule has 2 heterocycles. The quantitative estimate of drug-likeness (QED) is 0.425. The van der Waals surface area contributed by atoms with E-state index in [4.69, 9.17) is 4.84 Å². The topological polar surface area (TPSA) is 159 Å². The second-order valence-electron chi connectivity index (χ2n) is 4.62. The van der Waals surface area contributed by atoms with E-state index >= 15 is 0 Å². The van der Waals surface area contributed by atoms with E-state index in [2.05, 4.69) is 15.2 Å². The molecule has 2 rings (SSSR count). The van der Waals surface area contributed by atoms with Gasteiger partial charge in [-0.2, -0.15) is 5.06 Å². The number of carbonyl (C=O) groups is 2. The van der Waals surface area contributed by atoms with E-state index in [1.807, 2.05) is 0 Å². The number of hydrogen-bond donors (Lipinski definition) is 1. The number of rotatable bonds is 4. The van der Waals surface area contributed by atoms with Crippen LogP contribution in [0.25, 0.3) is 0 Å². The lowest BCUT2D eigenvalue weighted by Crippen LogP contribution is -2.65. The fraction of sp³-hybridized carbons (Fsp3) is 0.364. The van der Waals surface area contributed by atoms with E-state index in [0.29, 0.717) is 0 Å². The Morgan fingerprint density at radius 3 is 2.82 bits per heavy atom. The number of Topliss-reactive ketones (excluding diaryl/α,β-unsaturated/α-hetero) is 1. The summed E-state index contributed by atoms with van der Waals surface area (Å²) in [5.41, 5.74) is 3.72. The largest absolute Gasteiger partial charge is 0.790 e. The molecule has 0 aromatic carbocycles. The summed E-state index contributed by atoms with van der Waals surface area (Å²) in [7, 11) is -5.20. The summed E-state index contributed by atoms with van der Waals surface area (Å²) in [5.74, 6) is -0.976. The molecule has 0 aromatic rings. The third-order valence-electron chi connectivity index (χ3n) is 2.94. The summed E-state index contributed by atoms with van der Waals surface area (Å²) in [6.07, 6.45) is 2.31. The van der Waals surface area contributed by atoms with Crippen LogP contribution >= 0.6 is 7.82 Å². The van der Waals surface area contributed by atoms with E-state index in [-0.39, 0.29) is 23.5 Å². The number of amides is 1. The second kappa shape index (κ2) is 6.21. The molecule has 22 heavy (non-hydrogen) atoms. The summed E-state index contributed by atoms with van der Waals surface area (Å²) in [6, 6.07) is -0.600. The molecule has 2 aliphatic heterocycles. The molecular formula is C11H13N3O7P-. The second-order valence-corrected chi connectivity index (χ2v) is 5.77. The standard InChI is InChI=1S/C11H14N3O7P/c1-6-10(15)8(3-14-11(16)9(12)5-20-14)7(2-13-6)4-21-22(17,18)19/h2-3,9H,4-5,12H2,1H3,(H2,17,18,19)/p-1/b8-3-/t9-/m1/s1. The van der Waals surface area contributed by atoms with Gasteiger partial charge in [0.05, 0.1) is 20.1 Å². The van der Waals surface area contributed by atoms with Crippen LogP contribution in [0.15, 0.2) is 28.5 Å². The molecule has 1 saturated heterocycles. The Bertz CT molecular complexity index is 648. The monoisotopic (exact) mass is 330 g/mol. The average molecular weight is 330 g/mol. The number of hydroxylamine groups is 2. The van der Waals surface area contributed by atoms with Crippen molar-refractivity contribution in [1.82, 2.24) is 5.06 Å². The van der Waals surface area contributed by atoms with Gasteiger partial charge in [-0.15, -0.1) is 0 Å². The fourth-order valence-electron chi connectivity index (χ4n) is 1.75. The van der Waals surface area contributed by atoms with Gasteiger partial charge in [-0.1, -0.05) is 0 Å². The SMILES string of the molecule is CC1=NC=C(COP(=O)([O-])[O-])/C(=C/N2OC[C@@H]([NH3+])C2=O)C1=O. The first kappa shape index (κ1) is 16.7. The minimum atomic E-state index is -5.20. The summed E-state index contributed by atoms with van der Waals surface area (Å²) in [6.45, 7) is 0.859. The smallest absolute Gasteiger partial charge is 0.310 e. The predicted octanol–water partition coefficient (Wildman–Crippen LogP) is -2.97. The third-order valence-corrected chi connectivity index (χ3v) is 3.38. The van der Waals surface area contributed by atoms with Gasteiger partial charge in [0.2, 0.25) is 5.78 Å². The summed E-state index contributed by atoms with van der Waals surface area (Å²) in [5, 5.41) is 0.853. The zero-order valence-corrected chi connectivity index (χ0v) is 12.4. The molecule has 3 N–H and O–H groups in total. The van der Waals surface area contributed by atoms with Gasteiger partial charge in [-0.3, -0.25) is 19.4 Å². The Morgan fingerprint density at radius 1 is 1.59 bits per heavy atom. The average Bonchev–Trinajstić information content (AvgIpc) is 2.74. The molecule has 2 aliphatic rings. The molecule has 11 heteroatoms. The molecular weight excluding hydrogens is 317 g/mol. The first-order valence-corrected chi connectivity index (χ1v) is 7.61. The van der Waals surface area contributed by atoms with Crippen LogP contribution in [0.3, 0.4) is 0 Å². The highest BCUT2D eigenvalue weighted by Crippen LogP contribution is 2.28. The van der Waals surface area contributed by atoms with Crippen molar-refractivity contribution >= 4 is 25.2 Å². The van der Waals surface area contributed by atoms with Crippen LogP contribution in [-0.2, 0) is 23.5 Å². The maximum absolute atomic E-state index is 12.1. The molecule has 0 spiro atoms. The first-order valence-electron chi connectivity index (χ1n) is 6.15. The highest BCUT2D eigenvalue weighted by atomic mass is 31.2. The van der Waals surface area contributed by atoms with Crippen LogP contribution in [0, 0.1) is 0 Å². The summed E-state index contributed by atoms with van der Waals surface area (Å²) >= 11 is 0. The van der Waals surface area contributed by atoms with Crippen molar-refractivity contribution in [2.24, 2.45) is 4.99 Å². The highest BCUT2D eigenvalue weighted by molar-refractivity contribution is 7.43. The number of phosphoric acid groups is 1. The number of phosphoric ester groups is 1. The Kier molecular flexibility index (Phi) is 4.71. The number of aliphatic imine (C=N–C) groups is 1.